The number of benzene rings is 1. The Kier molecular flexibility index (Phi) is 6.24. The molecule has 1 aromatic carbocycles. The smallest absolute Gasteiger partial charge is 0.227 e. The third-order valence-corrected chi connectivity index (χ3v) is 5.05. The molecular weight excluding hydrogens is 302 g/mol. The Labute approximate surface area is 145 Å². The third kappa shape index (κ3) is 4.56. The SMILES string of the molecule is C[C@H](CN1CCOCC1)N(Cc1ccccc1)C(=O)[C@H]1CCNC1. The standard InChI is InChI=1S/C19H29N3O2/c1-16(14-21-9-11-24-12-10-21)22(15-17-5-3-2-4-6-17)19(23)18-7-8-20-13-18/h2-6,16,18,20H,7-15H2,1H3/t16-,18+/m1/s1. The summed E-state index contributed by atoms with van der Waals surface area (Å²) in [5.41, 5.74) is 1.20. The summed E-state index contributed by atoms with van der Waals surface area (Å²) in [6, 6.07) is 10.5. The molecule has 0 unspecified atom stereocenters. The second kappa shape index (κ2) is 8.60. The summed E-state index contributed by atoms with van der Waals surface area (Å²) in [4.78, 5) is 17.6. The largest absolute Gasteiger partial charge is 0.379 e. The first-order valence-electron chi connectivity index (χ1n) is 9.09. The van der Waals surface area contributed by atoms with Gasteiger partial charge in [-0.3, -0.25) is 9.69 Å². The number of ether oxygens (including phenoxy) is 1. The Balaban J connectivity index is 1.68. The van der Waals surface area contributed by atoms with Gasteiger partial charge in [-0.05, 0) is 25.5 Å². The fourth-order valence-corrected chi connectivity index (χ4v) is 3.59. The Morgan fingerprint density at radius 2 is 2.08 bits per heavy atom. The Bertz CT molecular complexity index is 511. The highest BCUT2D eigenvalue weighted by Crippen LogP contribution is 2.18. The number of nitrogens with one attached hydrogen (secondary N) is 1. The summed E-state index contributed by atoms with van der Waals surface area (Å²) in [6.45, 7) is 9.08. The minimum atomic E-state index is 0.126. The molecule has 1 N–H and O–H groups in total. The molecule has 0 radical (unpaired) electrons. The highest BCUT2D eigenvalue weighted by molar-refractivity contribution is 5.79. The lowest BCUT2D eigenvalue weighted by atomic mass is 10.0. The first-order valence-corrected chi connectivity index (χ1v) is 9.09. The van der Waals surface area contributed by atoms with Crippen LogP contribution in [0.1, 0.15) is 18.9 Å². The zero-order valence-corrected chi connectivity index (χ0v) is 14.6. The molecule has 1 aromatic rings. The van der Waals surface area contributed by atoms with Gasteiger partial charge in [0.2, 0.25) is 5.91 Å². The van der Waals surface area contributed by atoms with Crippen LogP contribution in [0.3, 0.4) is 0 Å². The van der Waals surface area contributed by atoms with Crippen molar-refractivity contribution in [1.82, 2.24) is 15.1 Å². The zero-order valence-electron chi connectivity index (χ0n) is 14.6. The maximum Gasteiger partial charge on any atom is 0.227 e. The Morgan fingerprint density at radius 3 is 2.75 bits per heavy atom. The summed E-state index contributed by atoms with van der Waals surface area (Å²) in [5, 5.41) is 3.32. The number of morpholine rings is 1. The average molecular weight is 331 g/mol. The van der Waals surface area contributed by atoms with Crippen molar-refractivity contribution in [3.63, 3.8) is 0 Å². The molecule has 1 amide bonds. The summed E-state index contributed by atoms with van der Waals surface area (Å²) in [5.74, 6) is 0.422. The number of nitrogens with zero attached hydrogens (tertiary/aromatic N) is 2. The summed E-state index contributed by atoms with van der Waals surface area (Å²) in [7, 11) is 0. The minimum Gasteiger partial charge on any atom is -0.379 e. The summed E-state index contributed by atoms with van der Waals surface area (Å²) < 4.78 is 5.44. The quantitative estimate of drug-likeness (QED) is 0.855. The topological polar surface area (TPSA) is 44.8 Å². The fourth-order valence-electron chi connectivity index (χ4n) is 3.59. The molecule has 5 nitrogen and oxygen atoms in total. The highest BCUT2D eigenvalue weighted by Gasteiger charge is 2.30. The highest BCUT2D eigenvalue weighted by atomic mass is 16.5. The molecule has 0 aromatic heterocycles. The van der Waals surface area contributed by atoms with Crippen LogP contribution in [0, 0.1) is 5.92 Å². The molecule has 2 atom stereocenters. The van der Waals surface area contributed by atoms with E-state index >= 15 is 0 Å². The predicted molar refractivity (Wildman–Crippen MR) is 94.7 cm³/mol. The Morgan fingerprint density at radius 1 is 1.33 bits per heavy atom. The molecule has 2 aliphatic rings. The van der Waals surface area contributed by atoms with Crippen LogP contribution in [0.5, 0.6) is 0 Å². The van der Waals surface area contributed by atoms with E-state index in [-0.39, 0.29) is 12.0 Å². The minimum absolute atomic E-state index is 0.126. The number of carbonyl (C=O) groups is 1. The van der Waals surface area contributed by atoms with Crippen molar-refractivity contribution in [2.75, 3.05) is 45.9 Å². The molecule has 0 spiro atoms. The second-order valence-electron chi connectivity index (χ2n) is 6.90. The maximum absolute atomic E-state index is 13.1. The van der Waals surface area contributed by atoms with Gasteiger partial charge in [-0.25, -0.2) is 0 Å². The van der Waals surface area contributed by atoms with Gasteiger partial charge in [0.25, 0.3) is 0 Å². The van der Waals surface area contributed by atoms with E-state index in [2.05, 4.69) is 34.2 Å². The first kappa shape index (κ1) is 17.4. The van der Waals surface area contributed by atoms with Gasteiger partial charge in [0.05, 0.1) is 19.1 Å². The normalized spacial score (nSPS) is 23.1. The second-order valence-corrected chi connectivity index (χ2v) is 6.90. The van der Waals surface area contributed by atoms with Crippen LogP contribution in [0.4, 0.5) is 0 Å². The van der Waals surface area contributed by atoms with Gasteiger partial charge in [-0.1, -0.05) is 30.3 Å². The molecule has 5 heteroatoms. The van der Waals surface area contributed by atoms with Crippen molar-refractivity contribution in [1.29, 1.82) is 0 Å². The van der Waals surface area contributed by atoms with Crippen LogP contribution in [-0.2, 0) is 16.1 Å². The van der Waals surface area contributed by atoms with Gasteiger partial charge in [-0.2, -0.15) is 0 Å². The van der Waals surface area contributed by atoms with E-state index in [4.69, 9.17) is 4.74 Å². The van der Waals surface area contributed by atoms with E-state index in [9.17, 15) is 4.79 Å². The fraction of sp³-hybridized carbons (Fsp3) is 0.632. The van der Waals surface area contributed by atoms with Crippen molar-refractivity contribution in [2.24, 2.45) is 5.92 Å². The number of amides is 1. The van der Waals surface area contributed by atoms with E-state index in [1.807, 2.05) is 18.2 Å². The van der Waals surface area contributed by atoms with E-state index in [0.29, 0.717) is 12.5 Å². The molecule has 0 bridgehead atoms. The lowest BCUT2D eigenvalue weighted by Crippen LogP contribution is -2.49. The van der Waals surface area contributed by atoms with Gasteiger partial charge >= 0.3 is 0 Å². The summed E-state index contributed by atoms with van der Waals surface area (Å²) >= 11 is 0. The molecular formula is C19H29N3O2. The van der Waals surface area contributed by atoms with Gasteiger partial charge in [-0.15, -0.1) is 0 Å². The maximum atomic E-state index is 13.1. The summed E-state index contributed by atoms with van der Waals surface area (Å²) in [6.07, 6.45) is 0.953. The molecule has 2 heterocycles. The van der Waals surface area contributed by atoms with Gasteiger partial charge in [0.1, 0.15) is 0 Å². The van der Waals surface area contributed by atoms with Crippen molar-refractivity contribution >= 4 is 5.91 Å². The van der Waals surface area contributed by atoms with Crippen LogP contribution < -0.4 is 5.32 Å². The molecule has 2 fully saturated rings. The number of carbonyl (C=O) groups excluding carboxylic acids is 1. The molecule has 0 aliphatic carbocycles. The molecule has 0 saturated carbocycles. The molecule has 2 saturated heterocycles. The number of hydrogen-bond donors (Lipinski definition) is 1. The van der Waals surface area contributed by atoms with Crippen LogP contribution in [0.15, 0.2) is 30.3 Å². The molecule has 24 heavy (non-hydrogen) atoms. The number of rotatable bonds is 6. The van der Waals surface area contributed by atoms with Crippen molar-refractivity contribution in [2.45, 2.75) is 25.9 Å². The van der Waals surface area contributed by atoms with Crippen molar-refractivity contribution < 1.29 is 9.53 Å². The molecule has 2 aliphatic heterocycles. The van der Waals surface area contributed by atoms with Gasteiger partial charge < -0.3 is 15.0 Å². The van der Waals surface area contributed by atoms with Gasteiger partial charge in [0, 0.05) is 38.8 Å². The monoisotopic (exact) mass is 331 g/mol. The van der Waals surface area contributed by atoms with Gasteiger partial charge in [0.15, 0.2) is 0 Å². The molecule has 132 valence electrons. The van der Waals surface area contributed by atoms with Crippen molar-refractivity contribution in [3.05, 3.63) is 35.9 Å². The van der Waals surface area contributed by atoms with Crippen LogP contribution in [0.25, 0.3) is 0 Å². The van der Waals surface area contributed by atoms with E-state index in [1.165, 1.54) is 5.56 Å². The van der Waals surface area contributed by atoms with Crippen molar-refractivity contribution in [3.8, 4) is 0 Å². The van der Waals surface area contributed by atoms with E-state index < -0.39 is 0 Å². The first-order chi connectivity index (χ1) is 11.7. The van der Waals surface area contributed by atoms with E-state index in [0.717, 1.165) is 52.4 Å². The third-order valence-electron chi connectivity index (χ3n) is 5.05. The lowest BCUT2D eigenvalue weighted by Gasteiger charge is -2.36. The Hall–Kier alpha value is -1.43. The molecule has 3 rings (SSSR count). The zero-order chi connectivity index (χ0) is 16.8. The number of hydrogen-bond acceptors (Lipinski definition) is 4. The van der Waals surface area contributed by atoms with Crippen LogP contribution in [-0.4, -0.2) is 67.7 Å². The lowest BCUT2D eigenvalue weighted by molar-refractivity contribution is -0.138. The van der Waals surface area contributed by atoms with Crippen LogP contribution in [0.2, 0.25) is 0 Å². The average Bonchev–Trinajstić information content (AvgIpc) is 3.15. The van der Waals surface area contributed by atoms with Crippen LogP contribution >= 0.6 is 0 Å². The van der Waals surface area contributed by atoms with E-state index in [1.54, 1.807) is 0 Å². The predicted octanol–water partition coefficient (Wildman–Crippen LogP) is 1.35.